The van der Waals surface area contributed by atoms with Crippen molar-refractivity contribution < 1.29 is 37.0 Å². The number of alkyl carbamates (subject to hydrolysis) is 1. The van der Waals surface area contributed by atoms with Crippen molar-refractivity contribution >= 4 is 45.9 Å². The molecule has 12 nitrogen and oxygen atoms in total. The lowest BCUT2D eigenvalue weighted by molar-refractivity contribution is 0.0489. The summed E-state index contributed by atoms with van der Waals surface area (Å²) in [4.78, 5) is 44.4. The fourth-order valence-electron chi connectivity index (χ4n) is 4.63. The molecule has 3 amide bonds. The zero-order chi connectivity index (χ0) is 33.3. The molecule has 3 aromatic rings. The largest absolute Gasteiger partial charge is 0.444 e. The number of nitrogens with one attached hydrogen (secondary N) is 3. The second-order valence-corrected chi connectivity index (χ2v) is 13.5. The Morgan fingerprint density at radius 2 is 1.60 bits per heavy atom. The lowest BCUT2D eigenvalue weighted by Gasteiger charge is -2.36. The number of hydrogen-bond donors (Lipinski definition) is 3. The molecule has 0 saturated carbocycles. The van der Waals surface area contributed by atoms with Gasteiger partial charge in [0, 0.05) is 20.0 Å². The molecule has 2 atom stereocenters. The standard InChI is InChI=1S/C29H36F3N7O5S/c1-28(2,3)43-26(41)34-16-11-15(30)13-39(14-16)25-19(12-33-38(25)7)35-22(40)21-24(37-27(42)44-29(4,5)6)45-23(36-21)20-17(31)9-8-10-18(20)32/h8-10,12,15-16H,11,13-14H2,1-7H3,(H,34,41)(H,35,40)(H,37,42)/t15-,16-/m0/s1. The van der Waals surface area contributed by atoms with Gasteiger partial charge in [0.15, 0.2) is 11.5 Å². The second-order valence-electron chi connectivity index (χ2n) is 12.5. The van der Waals surface area contributed by atoms with Gasteiger partial charge in [-0.25, -0.2) is 27.7 Å². The molecule has 16 heteroatoms. The van der Waals surface area contributed by atoms with Crippen molar-refractivity contribution in [2.45, 2.75) is 71.4 Å². The average molecular weight is 652 g/mol. The molecule has 0 spiro atoms. The summed E-state index contributed by atoms with van der Waals surface area (Å²) < 4.78 is 56.2. The quantitative estimate of drug-likeness (QED) is 0.301. The van der Waals surface area contributed by atoms with Gasteiger partial charge in [0.2, 0.25) is 0 Å². The van der Waals surface area contributed by atoms with Crippen molar-refractivity contribution in [3.8, 4) is 10.6 Å². The van der Waals surface area contributed by atoms with Crippen molar-refractivity contribution in [1.29, 1.82) is 0 Å². The Hall–Kier alpha value is -4.34. The van der Waals surface area contributed by atoms with Crippen LogP contribution in [0.25, 0.3) is 10.6 Å². The first kappa shape index (κ1) is 33.6. The van der Waals surface area contributed by atoms with E-state index in [0.29, 0.717) is 17.2 Å². The van der Waals surface area contributed by atoms with Crippen molar-refractivity contribution in [1.82, 2.24) is 20.1 Å². The number of piperidine rings is 1. The van der Waals surface area contributed by atoms with Crippen LogP contribution in [0.2, 0.25) is 0 Å². The van der Waals surface area contributed by atoms with Crippen LogP contribution < -0.4 is 20.9 Å². The van der Waals surface area contributed by atoms with Crippen LogP contribution in [0, 0.1) is 11.6 Å². The van der Waals surface area contributed by atoms with E-state index in [4.69, 9.17) is 9.47 Å². The van der Waals surface area contributed by atoms with E-state index in [0.717, 1.165) is 12.1 Å². The van der Waals surface area contributed by atoms with E-state index < -0.39 is 58.7 Å². The van der Waals surface area contributed by atoms with E-state index in [2.05, 4.69) is 26.0 Å². The Bertz CT molecular complexity index is 1560. The molecular weight excluding hydrogens is 615 g/mol. The normalized spacial score (nSPS) is 17.1. The molecule has 0 aliphatic carbocycles. The summed E-state index contributed by atoms with van der Waals surface area (Å²) in [6.45, 7) is 10.2. The van der Waals surface area contributed by atoms with Crippen LogP contribution in [-0.2, 0) is 16.5 Å². The number of halogens is 3. The van der Waals surface area contributed by atoms with E-state index in [1.807, 2.05) is 0 Å². The summed E-state index contributed by atoms with van der Waals surface area (Å²) in [7, 11) is 1.60. The summed E-state index contributed by atoms with van der Waals surface area (Å²) in [5.74, 6) is -2.32. The maximum absolute atomic E-state index is 14.9. The topological polar surface area (TPSA) is 140 Å². The molecule has 3 heterocycles. The number of anilines is 3. The third-order valence-corrected chi connectivity index (χ3v) is 7.20. The highest BCUT2D eigenvalue weighted by Crippen LogP contribution is 2.36. The SMILES string of the molecule is Cn1ncc(NC(=O)c2nc(-c3c(F)cccc3F)sc2NC(=O)OC(C)(C)C)c1N1C[C@@H](F)C[C@H](NC(=O)OC(C)(C)C)C1. The number of alkyl halides is 1. The number of aryl methyl sites for hydroxylation is 1. The van der Waals surface area contributed by atoms with Crippen molar-refractivity contribution in [3.05, 3.63) is 41.7 Å². The summed E-state index contributed by atoms with van der Waals surface area (Å²) in [5.41, 5.74) is -2.26. The highest BCUT2D eigenvalue weighted by Gasteiger charge is 2.33. The Morgan fingerprint density at radius 1 is 0.978 bits per heavy atom. The number of carbonyl (C=O) groups is 3. The molecule has 2 aromatic heterocycles. The number of carbonyl (C=O) groups excluding carboxylic acids is 3. The molecule has 0 radical (unpaired) electrons. The van der Waals surface area contributed by atoms with Gasteiger partial charge in [-0.2, -0.15) is 5.10 Å². The van der Waals surface area contributed by atoms with Gasteiger partial charge >= 0.3 is 12.2 Å². The first-order chi connectivity index (χ1) is 20.9. The van der Waals surface area contributed by atoms with Crippen LogP contribution in [0.1, 0.15) is 58.5 Å². The Balaban J connectivity index is 1.62. The summed E-state index contributed by atoms with van der Waals surface area (Å²) in [5, 5.41) is 11.7. The number of hydrogen-bond acceptors (Lipinski definition) is 9. The van der Waals surface area contributed by atoms with Crippen LogP contribution in [0.5, 0.6) is 0 Å². The fraction of sp³-hybridized carbons (Fsp3) is 0.483. The maximum Gasteiger partial charge on any atom is 0.412 e. The Labute approximate surface area is 262 Å². The molecule has 0 bridgehead atoms. The number of nitrogens with zero attached hydrogens (tertiary/aromatic N) is 4. The first-order valence-corrected chi connectivity index (χ1v) is 14.9. The van der Waals surface area contributed by atoms with Crippen LogP contribution in [-0.4, -0.2) is 69.4 Å². The Kier molecular flexibility index (Phi) is 9.65. The molecule has 1 aromatic carbocycles. The highest BCUT2D eigenvalue weighted by atomic mass is 32.1. The molecule has 1 aliphatic rings. The Morgan fingerprint density at radius 3 is 2.22 bits per heavy atom. The van der Waals surface area contributed by atoms with E-state index >= 15 is 0 Å². The molecule has 1 aliphatic heterocycles. The predicted octanol–water partition coefficient (Wildman–Crippen LogP) is 5.86. The van der Waals surface area contributed by atoms with Gasteiger partial charge in [0.05, 0.1) is 24.3 Å². The van der Waals surface area contributed by atoms with E-state index in [1.165, 1.54) is 16.9 Å². The molecule has 4 rings (SSSR count). The minimum absolute atomic E-state index is 0.0479. The molecule has 0 unspecified atom stereocenters. The monoisotopic (exact) mass is 651 g/mol. The van der Waals surface area contributed by atoms with E-state index in [9.17, 15) is 27.6 Å². The second kappa shape index (κ2) is 12.9. The smallest absolute Gasteiger partial charge is 0.412 e. The van der Waals surface area contributed by atoms with Gasteiger partial charge in [0.25, 0.3) is 5.91 Å². The van der Waals surface area contributed by atoms with E-state index in [1.54, 1.807) is 53.5 Å². The highest BCUT2D eigenvalue weighted by molar-refractivity contribution is 7.19. The molecule has 3 N–H and O–H groups in total. The van der Waals surface area contributed by atoms with Gasteiger partial charge in [-0.05, 0) is 53.7 Å². The maximum atomic E-state index is 14.9. The van der Waals surface area contributed by atoms with Crippen molar-refractivity contribution in [2.24, 2.45) is 7.05 Å². The van der Waals surface area contributed by atoms with Crippen LogP contribution in [0.15, 0.2) is 24.4 Å². The molecule has 1 fully saturated rings. The number of benzene rings is 1. The summed E-state index contributed by atoms with van der Waals surface area (Å²) in [6, 6.07) is 2.67. The number of thiazole rings is 1. The minimum Gasteiger partial charge on any atom is -0.444 e. The van der Waals surface area contributed by atoms with E-state index in [-0.39, 0.29) is 40.9 Å². The first-order valence-electron chi connectivity index (χ1n) is 14.1. The van der Waals surface area contributed by atoms with Crippen molar-refractivity contribution in [2.75, 3.05) is 28.6 Å². The van der Waals surface area contributed by atoms with Gasteiger partial charge in [-0.15, -0.1) is 0 Å². The van der Waals surface area contributed by atoms with Crippen LogP contribution in [0.4, 0.5) is 39.3 Å². The van der Waals surface area contributed by atoms with Crippen molar-refractivity contribution in [3.63, 3.8) is 0 Å². The lowest BCUT2D eigenvalue weighted by atomic mass is 10.0. The number of rotatable bonds is 6. The summed E-state index contributed by atoms with van der Waals surface area (Å²) in [6.07, 6.45) is -1.51. The zero-order valence-electron chi connectivity index (χ0n) is 26.0. The minimum atomic E-state index is -1.32. The fourth-order valence-corrected chi connectivity index (χ4v) is 5.63. The molecule has 45 heavy (non-hydrogen) atoms. The molecule has 1 saturated heterocycles. The lowest BCUT2D eigenvalue weighted by Crippen LogP contribution is -2.53. The van der Waals surface area contributed by atoms with Gasteiger partial charge < -0.3 is 25.0 Å². The number of amides is 3. The van der Waals surface area contributed by atoms with Crippen LogP contribution >= 0.6 is 11.3 Å². The number of ether oxygens (including phenoxy) is 2. The summed E-state index contributed by atoms with van der Waals surface area (Å²) >= 11 is 0.685. The van der Waals surface area contributed by atoms with Gasteiger partial charge in [-0.3, -0.25) is 14.8 Å². The number of aromatic nitrogens is 3. The third-order valence-electron chi connectivity index (χ3n) is 6.21. The average Bonchev–Trinajstić information content (AvgIpc) is 3.44. The third kappa shape index (κ3) is 8.65. The molecule has 244 valence electrons. The molecular formula is C29H36F3N7O5S. The van der Waals surface area contributed by atoms with Gasteiger partial charge in [0.1, 0.15) is 44.7 Å². The van der Waals surface area contributed by atoms with Crippen LogP contribution in [0.3, 0.4) is 0 Å². The zero-order valence-corrected chi connectivity index (χ0v) is 26.8. The predicted molar refractivity (Wildman–Crippen MR) is 163 cm³/mol. The van der Waals surface area contributed by atoms with Gasteiger partial charge in [-0.1, -0.05) is 17.4 Å².